The van der Waals surface area contributed by atoms with Crippen LogP contribution in [0.3, 0.4) is 0 Å². The Morgan fingerprint density at radius 3 is 2.45 bits per heavy atom. The highest BCUT2D eigenvalue weighted by atomic mass is 16.6. The van der Waals surface area contributed by atoms with Crippen LogP contribution in [-0.2, 0) is 16.1 Å². The molecule has 1 aliphatic rings. The maximum absolute atomic E-state index is 11.9. The zero-order chi connectivity index (χ0) is 15.1. The lowest BCUT2D eigenvalue weighted by Gasteiger charge is -2.12. The fraction of sp³-hybridized carbons (Fsp3) is 0.357. The summed E-state index contributed by atoms with van der Waals surface area (Å²) < 4.78 is 5.19. The maximum Gasteiger partial charge on any atom is 0.320 e. The third-order valence-corrected chi connectivity index (χ3v) is 4.01. The number of phenolic OH excluding ortho intramolecular Hbond substituents is 1. The van der Waals surface area contributed by atoms with Crippen molar-refractivity contribution in [1.29, 1.82) is 0 Å². The SMILES string of the molecule is CC1=C(C)C1(C)C(=O)OCc1ccc([N+](=O)[O-])c(O)c1. The first-order chi connectivity index (χ1) is 9.28. The van der Waals surface area contributed by atoms with E-state index >= 15 is 0 Å². The first-order valence-electron chi connectivity index (χ1n) is 6.10. The number of hydrogen-bond acceptors (Lipinski definition) is 5. The Morgan fingerprint density at radius 2 is 2.00 bits per heavy atom. The maximum atomic E-state index is 11.9. The van der Waals surface area contributed by atoms with Crippen molar-refractivity contribution < 1.29 is 19.6 Å². The Hall–Kier alpha value is -2.37. The van der Waals surface area contributed by atoms with Gasteiger partial charge in [0.15, 0.2) is 5.75 Å². The third-order valence-electron chi connectivity index (χ3n) is 4.01. The molecule has 2 rings (SSSR count). The minimum absolute atomic E-state index is 0.0272. The van der Waals surface area contributed by atoms with Gasteiger partial charge in [0, 0.05) is 6.07 Å². The van der Waals surface area contributed by atoms with Crippen LogP contribution in [0.2, 0.25) is 0 Å². The van der Waals surface area contributed by atoms with Crippen molar-refractivity contribution in [2.75, 3.05) is 0 Å². The largest absolute Gasteiger partial charge is 0.502 e. The van der Waals surface area contributed by atoms with Gasteiger partial charge < -0.3 is 9.84 Å². The summed E-state index contributed by atoms with van der Waals surface area (Å²) in [7, 11) is 0. The predicted octanol–water partition coefficient (Wildman–Crippen LogP) is 2.70. The molecular formula is C14H15NO5. The van der Waals surface area contributed by atoms with Crippen LogP contribution in [0, 0.1) is 15.5 Å². The Labute approximate surface area is 115 Å². The summed E-state index contributed by atoms with van der Waals surface area (Å²) in [6.45, 7) is 5.54. The number of rotatable bonds is 4. The van der Waals surface area contributed by atoms with E-state index < -0.39 is 16.1 Å². The smallest absolute Gasteiger partial charge is 0.320 e. The summed E-state index contributed by atoms with van der Waals surface area (Å²) in [5.74, 6) is -0.781. The number of carbonyl (C=O) groups is 1. The third kappa shape index (κ3) is 2.13. The molecule has 0 unspecified atom stereocenters. The van der Waals surface area contributed by atoms with Crippen molar-refractivity contribution in [3.8, 4) is 5.75 Å². The van der Waals surface area contributed by atoms with E-state index in [1.54, 1.807) is 6.92 Å². The van der Waals surface area contributed by atoms with Crippen LogP contribution in [0.4, 0.5) is 5.69 Å². The highest BCUT2D eigenvalue weighted by molar-refractivity contribution is 5.90. The minimum atomic E-state index is -0.674. The predicted molar refractivity (Wildman–Crippen MR) is 71.0 cm³/mol. The lowest BCUT2D eigenvalue weighted by atomic mass is 10.0. The van der Waals surface area contributed by atoms with Gasteiger partial charge in [0.05, 0.1) is 4.92 Å². The van der Waals surface area contributed by atoms with E-state index in [-0.39, 0.29) is 18.3 Å². The average molecular weight is 277 g/mol. The van der Waals surface area contributed by atoms with Crippen molar-refractivity contribution in [1.82, 2.24) is 0 Å². The van der Waals surface area contributed by atoms with Gasteiger partial charge in [0.2, 0.25) is 0 Å². The molecule has 0 atom stereocenters. The highest BCUT2D eigenvalue weighted by Crippen LogP contribution is 2.52. The van der Waals surface area contributed by atoms with Gasteiger partial charge in [-0.2, -0.15) is 0 Å². The molecule has 0 fully saturated rings. The van der Waals surface area contributed by atoms with Crippen molar-refractivity contribution in [3.63, 3.8) is 0 Å². The summed E-state index contributed by atoms with van der Waals surface area (Å²) in [5.41, 5.74) is 1.54. The van der Waals surface area contributed by atoms with E-state index in [0.29, 0.717) is 5.56 Å². The molecule has 0 bridgehead atoms. The van der Waals surface area contributed by atoms with Crippen LogP contribution in [-0.4, -0.2) is 16.0 Å². The monoisotopic (exact) mass is 277 g/mol. The summed E-state index contributed by atoms with van der Waals surface area (Å²) in [4.78, 5) is 21.8. The van der Waals surface area contributed by atoms with E-state index in [1.165, 1.54) is 18.2 Å². The van der Waals surface area contributed by atoms with Crippen molar-refractivity contribution in [3.05, 3.63) is 45.0 Å². The molecule has 0 aromatic heterocycles. The van der Waals surface area contributed by atoms with Gasteiger partial charge in [-0.1, -0.05) is 11.1 Å². The first-order valence-corrected chi connectivity index (χ1v) is 6.10. The number of aromatic hydroxyl groups is 1. The van der Waals surface area contributed by atoms with Crippen molar-refractivity contribution in [2.24, 2.45) is 5.41 Å². The minimum Gasteiger partial charge on any atom is -0.502 e. The fourth-order valence-corrected chi connectivity index (χ4v) is 2.13. The average Bonchev–Trinajstić information content (AvgIpc) is 2.88. The van der Waals surface area contributed by atoms with Crippen molar-refractivity contribution >= 4 is 11.7 Å². The molecule has 20 heavy (non-hydrogen) atoms. The molecule has 0 amide bonds. The molecule has 1 aliphatic carbocycles. The number of esters is 1. The lowest BCUT2D eigenvalue weighted by Crippen LogP contribution is -2.19. The number of carbonyl (C=O) groups excluding carboxylic acids is 1. The van der Waals surface area contributed by atoms with Gasteiger partial charge in [0.1, 0.15) is 12.0 Å². The first kappa shape index (κ1) is 14.0. The normalized spacial score (nSPS) is 15.9. The molecule has 6 nitrogen and oxygen atoms in total. The highest BCUT2D eigenvalue weighted by Gasteiger charge is 2.51. The number of nitrogens with zero attached hydrogens (tertiary/aromatic N) is 1. The quantitative estimate of drug-likeness (QED) is 0.395. The summed E-state index contributed by atoms with van der Waals surface area (Å²) in [6, 6.07) is 3.87. The molecule has 106 valence electrons. The molecule has 0 heterocycles. The molecule has 6 heteroatoms. The molecule has 0 saturated heterocycles. The van der Waals surface area contributed by atoms with Crippen LogP contribution in [0.25, 0.3) is 0 Å². The zero-order valence-electron chi connectivity index (χ0n) is 11.5. The number of benzene rings is 1. The summed E-state index contributed by atoms with van der Waals surface area (Å²) >= 11 is 0. The van der Waals surface area contributed by atoms with Gasteiger partial charge in [-0.3, -0.25) is 14.9 Å². The Morgan fingerprint density at radius 1 is 1.40 bits per heavy atom. The molecular weight excluding hydrogens is 262 g/mol. The second kappa shape index (κ2) is 4.63. The zero-order valence-corrected chi connectivity index (χ0v) is 11.5. The van der Waals surface area contributed by atoms with Gasteiger partial charge in [-0.15, -0.1) is 0 Å². The number of phenols is 1. The topological polar surface area (TPSA) is 89.7 Å². The standard InChI is InChI=1S/C14H15NO5/c1-8-9(2)14(8,3)13(17)20-7-10-4-5-11(15(18)19)12(16)6-10/h4-6,16H,7H2,1-3H3. The van der Waals surface area contributed by atoms with E-state index in [1.807, 2.05) is 13.8 Å². The molecule has 1 aromatic carbocycles. The number of nitro benzene ring substituents is 1. The van der Waals surface area contributed by atoms with Crippen LogP contribution in [0.1, 0.15) is 26.3 Å². The molecule has 0 aliphatic heterocycles. The van der Waals surface area contributed by atoms with Crippen LogP contribution < -0.4 is 0 Å². The van der Waals surface area contributed by atoms with E-state index in [4.69, 9.17) is 4.74 Å². The molecule has 0 radical (unpaired) electrons. The van der Waals surface area contributed by atoms with Crippen LogP contribution >= 0.6 is 0 Å². The van der Waals surface area contributed by atoms with E-state index in [9.17, 15) is 20.0 Å². The second-order valence-corrected chi connectivity index (χ2v) is 5.03. The molecule has 1 aromatic rings. The Kier molecular flexibility index (Phi) is 3.25. The fourth-order valence-electron chi connectivity index (χ4n) is 2.13. The Bertz CT molecular complexity index is 620. The van der Waals surface area contributed by atoms with E-state index in [0.717, 1.165) is 11.1 Å². The number of nitro groups is 1. The molecule has 0 spiro atoms. The second-order valence-electron chi connectivity index (χ2n) is 5.03. The van der Waals surface area contributed by atoms with Gasteiger partial charge in [0.25, 0.3) is 0 Å². The van der Waals surface area contributed by atoms with Gasteiger partial charge in [-0.05, 0) is 38.5 Å². The van der Waals surface area contributed by atoms with Crippen LogP contribution in [0.15, 0.2) is 29.3 Å². The van der Waals surface area contributed by atoms with Crippen molar-refractivity contribution in [2.45, 2.75) is 27.4 Å². The Balaban J connectivity index is 2.01. The van der Waals surface area contributed by atoms with E-state index in [2.05, 4.69) is 0 Å². The lowest BCUT2D eigenvalue weighted by molar-refractivity contribution is -0.385. The molecule has 1 N–H and O–H groups in total. The number of ether oxygens (including phenoxy) is 1. The molecule has 0 saturated carbocycles. The van der Waals surface area contributed by atoms with Crippen LogP contribution in [0.5, 0.6) is 5.75 Å². The summed E-state index contributed by atoms with van der Waals surface area (Å²) in [6.07, 6.45) is 0. The van der Waals surface area contributed by atoms with Gasteiger partial charge in [-0.25, -0.2) is 0 Å². The van der Waals surface area contributed by atoms with Gasteiger partial charge >= 0.3 is 11.7 Å². The summed E-state index contributed by atoms with van der Waals surface area (Å²) in [5, 5.41) is 20.1. The number of hydrogen-bond donors (Lipinski definition) is 1.